The fraction of sp³-hybridized carbons (Fsp3) is 0.556. The Balaban J connectivity index is 2.58. The van der Waals surface area contributed by atoms with E-state index in [4.69, 9.17) is 10.5 Å². The molecule has 1 heterocycles. The first kappa shape index (κ1) is 11.7. The maximum absolute atomic E-state index is 11.5. The lowest BCUT2D eigenvalue weighted by Gasteiger charge is -2.11. The molecule has 0 saturated carbocycles. The minimum atomic E-state index is -0.657. The van der Waals surface area contributed by atoms with Gasteiger partial charge in [0.1, 0.15) is 11.9 Å². The van der Waals surface area contributed by atoms with E-state index in [1.165, 1.54) is 7.11 Å². The van der Waals surface area contributed by atoms with Crippen molar-refractivity contribution >= 4 is 11.7 Å². The Labute approximate surface area is 88.4 Å². The summed E-state index contributed by atoms with van der Waals surface area (Å²) in [5.41, 5.74) is 5.57. The van der Waals surface area contributed by atoms with Crippen LogP contribution in [-0.2, 0) is 16.1 Å². The van der Waals surface area contributed by atoms with E-state index in [1.807, 2.05) is 6.92 Å². The van der Waals surface area contributed by atoms with Crippen LogP contribution in [0.1, 0.15) is 6.92 Å². The summed E-state index contributed by atoms with van der Waals surface area (Å²) < 4.78 is 6.47. The third kappa shape index (κ3) is 3.03. The molecule has 1 aromatic heterocycles. The molecule has 15 heavy (non-hydrogen) atoms. The van der Waals surface area contributed by atoms with Crippen LogP contribution in [0.25, 0.3) is 0 Å². The van der Waals surface area contributed by atoms with Gasteiger partial charge in [-0.25, -0.2) is 4.68 Å². The zero-order valence-corrected chi connectivity index (χ0v) is 8.93. The average molecular weight is 212 g/mol. The normalized spacial score (nSPS) is 12.5. The van der Waals surface area contributed by atoms with Crippen LogP contribution in [-0.4, -0.2) is 35.4 Å². The van der Waals surface area contributed by atoms with Crippen molar-refractivity contribution in [3.8, 4) is 0 Å². The highest BCUT2D eigenvalue weighted by Crippen LogP contribution is 2.05. The molecule has 1 unspecified atom stereocenters. The highest BCUT2D eigenvalue weighted by atomic mass is 16.5. The van der Waals surface area contributed by atoms with E-state index in [-0.39, 0.29) is 12.5 Å². The second kappa shape index (κ2) is 5.47. The monoisotopic (exact) mass is 212 g/mol. The van der Waals surface area contributed by atoms with Gasteiger partial charge < -0.3 is 15.8 Å². The number of ether oxygens (including phenoxy) is 1. The van der Waals surface area contributed by atoms with Crippen LogP contribution in [0, 0.1) is 0 Å². The Kier molecular flexibility index (Phi) is 4.26. The van der Waals surface area contributed by atoms with E-state index in [0.29, 0.717) is 12.4 Å². The largest absolute Gasteiger partial charge is 0.383 e. The maximum Gasteiger partial charge on any atom is 0.244 e. The minimum absolute atomic E-state index is 0.200. The Morgan fingerprint density at radius 3 is 3.13 bits per heavy atom. The van der Waals surface area contributed by atoms with Gasteiger partial charge in [-0.15, -0.1) is 0 Å². The first-order valence-electron chi connectivity index (χ1n) is 4.76. The lowest BCUT2D eigenvalue weighted by Crippen LogP contribution is -2.39. The predicted octanol–water partition coefficient (Wildman–Crippen LogP) is -0.185. The lowest BCUT2D eigenvalue weighted by molar-refractivity contribution is -0.118. The van der Waals surface area contributed by atoms with E-state index in [2.05, 4.69) is 10.4 Å². The summed E-state index contributed by atoms with van der Waals surface area (Å²) in [5.74, 6) is 0.376. The Morgan fingerprint density at radius 2 is 2.53 bits per heavy atom. The van der Waals surface area contributed by atoms with Gasteiger partial charge in [-0.1, -0.05) is 0 Å². The molecule has 1 amide bonds. The van der Waals surface area contributed by atoms with E-state index in [0.717, 1.165) is 0 Å². The summed E-state index contributed by atoms with van der Waals surface area (Å²) in [6.45, 7) is 2.84. The number of nitrogens with zero attached hydrogens (tertiary/aromatic N) is 2. The quantitative estimate of drug-likeness (QED) is 0.709. The van der Waals surface area contributed by atoms with E-state index in [9.17, 15) is 4.79 Å². The molecule has 1 aromatic rings. The summed E-state index contributed by atoms with van der Waals surface area (Å²) in [4.78, 5) is 11.5. The Hall–Kier alpha value is -1.40. The molecule has 1 atom stereocenters. The fourth-order valence-electron chi connectivity index (χ4n) is 1.17. The number of hydrogen-bond donors (Lipinski definition) is 2. The molecule has 0 fully saturated rings. The van der Waals surface area contributed by atoms with Crippen molar-refractivity contribution in [2.24, 2.45) is 5.73 Å². The first-order chi connectivity index (χ1) is 7.19. The number of anilines is 1. The lowest BCUT2D eigenvalue weighted by atomic mass is 10.3. The molecule has 6 nitrogen and oxygen atoms in total. The maximum atomic E-state index is 11.5. The van der Waals surface area contributed by atoms with Crippen LogP contribution in [0.15, 0.2) is 12.3 Å². The second-order valence-electron chi connectivity index (χ2n) is 3.08. The third-order valence-electron chi connectivity index (χ3n) is 1.95. The Bertz CT molecular complexity index is 324. The molecule has 3 N–H and O–H groups in total. The molecule has 0 aliphatic heterocycles. The summed E-state index contributed by atoms with van der Waals surface area (Å²) in [6, 6.07) is 1.07. The van der Waals surface area contributed by atoms with Crippen molar-refractivity contribution in [1.29, 1.82) is 0 Å². The summed E-state index contributed by atoms with van der Waals surface area (Å²) in [6.07, 6.45) is 1.63. The van der Waals surface area contributed by atoms with Gasteiger partial charge in [0.05, 0.1) is 12.8 Å². The standard InChI is InChI=1S/C9H16N4O2/c1-3-13-8(4-5-11-13)12-9(14)7(10)6-15-2/h4-5,7H,3,6,10H2,1-2H3,(H,12,14). The average Bonchev–Trinajstić information content (AvgIpc) is 2.65. The van der Waals surface area contributed by atoms with Crippen molar-refractivity contribution < 1.29 is 9.53 Å². The number of amides is 1. The van der Waals surface area contributed by atoms with E-state index in [1.54, 1.807) is 16.9 Å². The zero-order chi connectivity index (χ0) is 11.3. The predicted molar refractivity (Wildman–Crippen MR) is 56.4 cm³/mol. The van der Waals surface area contributed by atoms with Gasteiger partial charge >= 0.3 is 0 Å². The number of aryl methyl sites for hydroxylation is 1. The van der Waals surface area contributed by atoms with Gasteiger partial charge in [-0.3, -0.25) is 4.79 Å². The van der Waals surface area contributed by atoms with Gasteiger partial charge in [-0.2, -0.15) is 5.10 Å². The molecular weight excluding hydrogens is 196 g/mol. The van der Waals surface area contributed by atoms with Gasteiger partial charge in [0.2, 0.25) is 5.91 Å². The van der Waals surface area contributed by atoms with E-state index >= 15 is 0 Å². The van der Waals surface area contributed by atoms with Gasteiger partial charge in [0.25, 0.3) is 0 Å². The second-order valence-corrected chi connectivity index (χ2v) is 3.08. The molecule has 0 spiro atoms. The van der Waals surface area contributed by atoms with Crippen molar-refractivity contribution in [2.45, 2.75) is 19.5 Å². The van der Waals surface area contributed by atoms with Crippen LogP contribution in [0.5, 0.6) is 0 Å². The first-order valence-corrected chi connectivity index (χ1v) is 4.76. The number of aromatic nitrogens is 2. The number of nitrogens with one attached hydrogen (secondary N) is 1. The van der Waals surface area contributed by atoms with Crippen LogP contribution in [0.4, 0.5) is 5.82 Å². The van der Waals surface area contributed by atoms with Crippen LogP contribution < -0.4 is 11.1 Å². The number of carbonyl (C=O) groups is 1. The molecule has 84 valence electrons. The molecule has 6 heteroatoms. The van der Waals surface area contributed by atoms with Crippen LogP contribution in [0.3, 0.4) is 0 Å². The molecule has 0 radical (unpaired) electrons. The highest BCUT2D eigenvalue weighted by molar-refractivity contribution is 5.94. The zero-order valence-electron chi connectivity index (χ0n) is 8.93. The molecular formula is C9H16N4O2. The van der Waals surface area contributed by atoms with Gasteiger partial charge in [0.15, 0.2) is 0 Å². The molecule has 0 bridgehead atoms. The van der Waals surface area contributed by atoms with Crippen LogP contribution in [0.2, 0.25) is 0 Å². The van der Waals surface area contributed by atoms with Gasteiger partial charge in [0, 0.05) is 19.7 Å². The molecule has 0 aliphatic carbocycles. The molecule has 0 aromatic carbocycles. The molecule has 0 aliphatic rings. The van der Waals surface area contributed by atoms with E-state index < -0.39 is 6.04 Å². The summed E-state index contributed by atoms with van der Waals surface area (Å²) in [7, 11) is 1.50. The van der Waals surface area contributed by atoms with Crippen molar-refractivity contribution in [3.63, 3.8) is 0 Å². The summed E-state index contributed by atoms with van der Waals surface area (Å²) in [5, 5.41) is 6.71. The number of carbonyl (C=O) groups excluding carboxylic acids is 1. The van der Waals surface area contributed by atoms with Crippen molar-refractivity contribution in [2.75, 3.05) is 19.0 Å². The van der Waals surface area contributed by atoms with Gasteiger partial charge in [-0.05, 0) is 6.92 Å². The Morgan fingerprint density at radius 1 is 1.80 bits per heavy atom. The smallest absolute Gasteiger partial charge is 0.244 e. The van der Waals surface area contributed by atoms with Crippen molar-refractivity contribution in [1.82, 2.24) is 9.78 Å². The summed E-state index contributed by atoms with van der Waals surface area (Å²) >= 11 is 0. The molecule has 1 rings (SSSR count). The number of methoxy groups -OCH3 is 1. The van der Waals surface area contributed by atoms with Crippen molar-refractivity contribution in [3.05, 3.63) is 12.3 Å². The minimum Gasteiger partial charge on any atom is -0.383 e. The topological polar surface area (TPSA) is 82.2 Å². The third-order valence-corrected chi connectivity index (χ3v) is 1.95. The highest BCUT2D eigenvalue weighted by Gasteiger charge is 2.14. The SMILES string of the molecule is CCn1nccc1NC(=O)C(N)COC. The number of rotatable bonds is 5. The fourth-order valence-corrected chi connectivity index (χ4v) is 1.17. The molecule has 0 saturated heterocycles. The number of nitrogens with two attached hydrogens (primary N) is 1. The van der Waals surface area contributed by atoms with Crippen LogP contribution >= 0.6 is 0 Å². The number of hydrogen-bond acceptors (Lipinski definition) is 4.